The standard InChI is InChI=1S/C13H18N2O4/c1-19-11-6-4-10(5-7-11)9-15-13(18)14-8-2-3-12(16)17/h4-7H,2-3,8-9H2,1H3,(H,16,17)(H2,14,15,18). The molecule has 0 bridgehead atoms. The number of aliphatic carboxylic acids is 1. The van der Waals surface area contributed by atoms with E-state index in [-0.39, 0.29) is 12.5 Å². The van der Waals surface area contributed by atoms with E-state index in [1.807, 2.05) is 24.3 Å². The van der Waals surface area contributed by atoms with Crippen molar-refractivity contribution in [2.45, 2.75) is 19.4 Å². The van der Waals surface area contributed by atoms with Gasteiger partial charge in [-0.05, 0) is 24.1 Å². The molecule has 0 aliphatic carbocycles. The molecule has 0 radical (unpaired) electrons. The van der Waals surface area contributed by atoms with E-state index in [0.717, 1.165) is 11.3 Å². The summed E-state index contributed by atoms with van der Waals surface area (Å²) < 4.78 is 5.03. The number of hydrogen-bond acceptors (Lipinski definition) is 3. The molecule has 2 amide bonds. The topological polar surface area (TPSA) is 87.7 Å². The monoisotopic (exact) mass is 266 g/mol. The third kappa shape index (κ3) is 6.30. The summed E-state index contributed by atoms with van der Waals surface area (Å²) in [5, 5.41) is 13.7. The van der Waals surface area contributed by atoms with E-state index in [1.54, 1.807) is 7.11 Å². The molecule has 0 aromatic heterocycles. The lowest BCUT2D eigenvalue weighted by Crippen LogP contribution is -2.35. The zero-order valence-electron chi connectivity index (χ0n) is 10.8. The van der Waals surface area contributed by atoms with Crippen molar-refractivity contribution in [1.29, 1.82) is 0 Å². The summed E-state index contributed by atoms with van der Waals surface area (Å²) in [4.78, 5) is 21.7. The number of carbonyl (C=O) groups is 2. The van der Waals surface area contributed by atoms with Crippen molar-refractivity contribution in [3.8, 4) is 5.75 Å². The first kappa shape index (κ1) is 14.8. The van der Waals surface area contributed by atoms with E-state index in [9.17, 15) is 9.59 Å². The number of carbonyl (C=O) groups excluding carboxylic acids is 1. The van der Waals surface area contributed by atoms with Crippen LogP contribution in [0.25, 0.3) is 0 Å². The van der Waals surface area contributed by atoms with Crippen LogP contribution in [0.2, 0.25) is 0 Å². The first-order valence-electron chi connectivity index (χ1n) is 5.98. The number of hydrogen-bond donors (Lipinski definition) is 3. The van der Waals surface area contributed by atoms with E-state index < -0.39 is 5.97 Å². The highest BCUT2D eigenvalue weighted by Crippen LogP contribution is 2.10. The maximum atomic E-state index is 11.4. The predicted molar refractivity (Wildman–Crippen MR) is 70.1 cm³/mol. The molecule has 1 rings (SSSR count). The van der Waals surface area contributed by atoms with E-state index >= 15 is 0 Å². The molecule has 19 heavy (non-hydrogen) atoms. The molecule has 0 spiro atoms. The van der Waals surface area contributed by atoms with Gasteiger partial charge in [0.2, 0.25) is 0 Å². The van der Waals surface area contributed by atoms with Gasteiger partial charge in [0.05, 0.1) is 7.11 Å². The van der Waals surface area contributed by atoms with Gasteiger partial charge >= 0.3 is 12.0 Å². The van der Waals surface area contributed by atoms with Crippen LogP contribution in [0.5, 0.6) is 5.75 Å². The van der Waals surface area contributed by atoms with E-state index in [1.165, 1.54) is 0 Å². The van der Waals surface area contributed by atoms with Crippen LogP contribution in [0.15, 0.2) is 24.3 Å². The molecule has 6 heteroatoms. The first-order valence-corrected chi connectivity index (χ1v) is 5.98. The highest BCUT2D eigenvalue weighted by atomic mass is 16.5. The zero-order chi connectivity index (χ0) is 14.1. The Morgan fingerprint density at radius 2 is 1.89 bits per heavy atom. The second-order valence-corrected chi connectivity index (χ2v) is 3.95. The van der Waals surface area contributed by atoms with Gasteiger partial charge in [0, 0.05) is 19.5 Å². The van der Waals surface area contributed by atoms with Gasteiger partial charge in [0.1, 0.15) is 5.75 Å². The van der Waals surface area contributed by atoms with Gasteiger partial charge in [0.15, 0.2) is 0 Å². The molecule has 0 aliphatic heterocycles. The Kier molecular flexibility index (Phi) is 6.21. The van der Waals surface area contributed by atoms with E-state index in [0.29, 0.717) is 19.5 Å². The Hall–Kier alpha value is -2.24. The van der Waals surface area contributed by atoms with Crippen molar-refractivity contribution in [3.63, 3.8) is 0 Å². The fraction of sp³-hybridized carbons (Fsp3) is 0.385. The second-order valence-electron chi connectivity index (χ2n) is 3.95. The van der Waals surface area contributed by atoms with Crippen LogP contribution in [0.4, 0.5) is 4.79 Å². The van der Waals surface area contributed by atoms with Gasteiger partial charge < -0.3 is 20.5 Å². The maximum absolute atomic E-state index is 11.4. The van der Waals surface area contributed by atoms with Crippen LogP contribution in [0, 0.1) is 0 Å². The summed E-state index contributed by atoms with van der Waals surface area (Å²) in [7, 11) is 1.60. The van der Waals surface area contributed by atoms with Crippen molar-refractivity contribution >= 4 is 12.0 Å². The number of methoxy groups -OCH3 is 1. The summed E-state index contributed by atoms with van der Waals surface area (Å²) in [6.07, 6.45) is 0.476. The molecule has 3 N–H and O–H groups in total. The fourth-order valence-electron chi connectivity index (χ4n) is 1.43. The van der Waals surface area contributed by atoms with Crippen molar-refractivity contribution in [2.24, 2.45) is 0 Å². The minimum Gasteiger partial charge on any atom is -0.497 e. The summed E-state index contributed by atoms with van der Waals surface area (Å²) >= 11 is 0. The Balaban J connectivity index is 2.20. The Bertz CT molecular complexity index is 417. The number of nitrogens with one attached hydrogen (secondary N) is 2. The number of amides is 2. The molecule has 104 valence electrons. The number of carboxylic acids is 1. The van der Waals surface area contributed by atoms with Gasteiger partial charge in [0.25, 0.3) is 0 Å². The molecule has 1 aromatic carbocycles. The van der Waals surface area contributed by atoms with Gasteiger partial charge in [-0.3, -0.25) is 4.79 Å². The molecule has 0 aliphatic rings. The van der Waals surface area contributed by atoms with Crippen molar-refractivity contribution in [2.75, 3.05) is 13.7 Å². The van der Waals surface area contributed by atoms with Crippen molar-refractivity contribution < 1.29 is 19.4 Å². The fourth-order valence-corrected chi connectivity index (χ4v) is 1.43. The summed E-state index contributed by atoms with van der Waals surface area (Å²) in [6, 6.07) is 7.07. The largest absolute Gasteiger partial charge is 0.497 e. The first-order chi connectivity index (χ1) is 9.11. The Morgan fingerprint density at radius 3 is 2.47 bits per heavy atom. The number of urea groups is 1. The lowest BCUT2D eigenvalue weighted by atomic mass is 10.2. The SMILES string of the molecule is COc1ccc(CNC(=O)NCCCC(=O)O)cc1. The Morgan fingerprint density at radius 1 is 1.21 bits per heavy atom. The van der Waals surface area contributed by atoms with Crippen LogP contribution in [-0.4, -0.2) is 30.8 Å². The smallest absolute Gasteiger partial charge is 0.315 e. The summed E-state index contributed by atoms with van der Waals surface area (Å²) in [5.41, 5.74) is 0.960. The van der Waals surface area contributed by atoms with Crippen molar-refractivity contribution in [1.82, 2.24) is 10.6 Å². The normalized spacial score (nSPS) is 9.74. The number of benzene rings is 1. The summed E-state index contributed by atoms with van der Waals surface area (Å²) in [6.45, 7) is 0.759. The van der Waals surface area contributed by atoms with Crippen LogP contribution < -0.4 is 15.4 Å². The van der Waals surface area contributed by atoms with Crippen LogP contribution in [-0.2, 0) is 11.3 Å². The third-order valence-corrected chi connectivity index (χ3v) is 2.47. The van der Waals surface area contributed by atoms with E-state index in [2.05, 4.69) is 10.6 Å². The average Bonchev–Trinajstić information content (AvgIpc) is 2.41. The highest BCUT2D eigenvalue weighted by molar-refractivity contribution is 5.73. The minimum absolute atomic E-state index is 0.0543. The second kappa shape index (κ2) is 7.97. The van der Waals surface area contributed by atoms with Crippen molar-refractivity contribution in [3.05, 3.63) is 29.8 Å². The lowest BCUT2D eigenvalue weighted by Gasteiger charge is -2.07. The molecule has 0 atom stereocenters. The molecule has 1 aromatic rings. The molecule has 0 saturated heterocycles. The number of ether oxygens (including phenoxy) is 1. The maximum Gasteiger partial charge on any atom is 0.315 e. The van der Waals surface area contributed by atoms with Gasteiger partial charge in [-0.25, -0.2) is 4.79 Å². The summed E-state index contributed by atoms with van der Waals surface area (Å²) in [5.74, 6) is -0.0951. The highest BCUT2D eigenvalue weighted by Gasteiger charge is 2.01. The molecule has 6 nitrogen and oxygen atoms in total. The van der Waals surface area contributed by atoms with Gasteiger partial charge in [-0.15, -0.1) is 0 Å². The molecule has 0 unspecified atom stereocenters. The predicted octanol–water partition coefficient (Wildman–Crippen LogP) is 1.36. The van der Waals surface area contributed by atoms with Crippen LogP contribution >= 0.6 is 0 Å². The molecule has 0 fully saturated rings. The zero-order valence-corrected chi connectivity index (χ0v) is 10.8. The molecule has 0 saturated carbocycles. The lowest BCUT2D eigenvalue weighted by molar-refractivity contribution is -0.137. The van der Waals surface area contributed by atoms with Gasteiger partial charge in [-0.2, -0.15) is 0 Å². The molecular formula is C13H18N2O4. The Labute approximate surface area is 111 Å². The van der Waals surface area contributed by atoms with E-state index in [4.69, 9.17) is 9.84 Å². The average molecular weight is 266 g/mol. The number of rotatable bonds is 7. The van der Waals surface area contributed by atoms with Crippen LogP contribution in [0.1, 0.15) is 18.4 Å². The minimum atomic E-state index is -0.861. The molecular weight excluding hydrogens is 248 g/mol. The quantitative estimate of drug-likeness (QED) is 0.650. The van der Waals surface area contributed by atoms with Gasteiger partial charge in [-0.1, -0.05) is 12.1 Å². The van der Waals surface area contributed by atoms with Crippen LogP contribution in [0.3, 0.4) is 0 Å². The third-order valence-electron chi connectivity index (χ3n) is 2.47. The molecule has 0 heterocycles. The number of carboxylic acid groups (broad SMARTS) is 1.